The molecule has 1 N–H and O–H groups in total. The van der Waals surface area contributed by atoms with Crippen LogP contribution in [0.1, 0.15) is 27.5 Å². The summed E-state index contributed by atoms with van der Waals surface area (Å²) in [5, 5.41) is 3.25. The van der Waals surface area contributed by atoms with E-state index in [1.165, 1.54) is 11.1 Å². The molecule has 90 valence electrons. The Morgan fingerprint density at radius 3 is 2.33 bits per heavy atom. The van der Waals surface area contributed by atoms with Gasteiger partial charge in [0, 0.05) is 5.56 Å². The van der Waals surface area contributed by atoms with Crippen molar-refractivity contribution in [1.29, 1.82) is 0 Å². The number of aryl methyl sites for hydroxylation is 1. The zero-order valence-corrected chi connectivity index (χ0v) is 10.3. The highest BCUT2D eigenvalue weighted by Crippen LogP contribution is 2.31. The van der Waals surface area contributed by atoms with Gasteiger partial charge in [0.2, 0.25) is 0 Å². The Labute approximate surface area is 107 Å². The molecule has 2 atom stereocenters. The molecular weight excluding hydrogens is 222 g/mol. The van der Waals surface area contributed by atoms with E-state index in [2.05, 4.69) is 17.4 Å². The predicted molar refractivity (Wildman–Crippen MR) is 71.6 cm³/mol. The fraction of sp³-hybridized carbons (Fsp3) is 0.188. The van der Waals surface area contributed by atoms with E-state index in [0.29, 0.717) is 0 Å². The summed E-state index contributed by atoms with van der Waals surface area (Å²) in [6.07, 6.45) is 0. The number of carbonyl (C=O) groups excluding carboxylic acids is 1. The van der Waals surface area contributed by atoms with E-state index in [4.69, 9.17) is 0 Å². The van der Waals surface area contributed by atoms with Gasteiger partial charge in [0.05, 0.1) is 12.1 Å². The van der Waals surface area contributed by atoms with E-state index in [-0.39, 0.29) is 17.9 Å². The molecule has 2 aromatic rings. The molecule has 0 aliphatic carbocycles. The van der Waals surface area contributed by atoms with Crippen molar-refractivity contribution in [2.24, 2.45) is 0 Å². The van der Waals surface area contributed by atoms with Crippen LogP contribution in [0, 0.1) is 6.92 Å². The van der Waals surface area contributed by atoms with E-state index < -0.39 is 0 Å². The van der Waals surface area contributed by atoms with Gasteiger partial charge >= 0.3 is 0 Å². The number of benzene rings is 2. The first-order chi connectivity index (χ1) is 8.75. The van der Waals surface area contributed by atoms with Crippen molar-refractivity contribution >= 4 is 5.78 Å². The van der Waals surface area contributed by atoms with Gasteiger partial charge in [-0.2, -0.15) is 0 Å². The maximum absolute atomic E-state index is 12.2. The van der Waals surface area contributed by atoms with Gasteiger partial charge < -0.3 is 0 Å². The Hall–Kier alpha value is -1.93. The van der Waals surface area contributed by atoms with Crippen LogP contribution in [0.15, 0.2) is 54.6 Å². The third-order valence-corrected chi connectivity index (χ3v) is 3.36. The molecule has 0 saturated carbocycles. The molecule has 1 aliphatic rings. The fourth-order valence-electron chi connectivity index (χ4n) is 2.21. The van der Waals surface area contributed by atoms with Gasteiger partial charge in [0.1, 0.15) is 0 Å². The lowest BCUT2D eigenvalue weighted by Crippen LogP contribution is -2.10. The Kier molecular flexibility index (Phi) is 2.73. The second kappa shape index (κ2) is 4.39. The Bertz CT molecular complexity index is 559. The highest BCUT2D eigenvalue weighted by atomic mass is 16.1. The van der Waals surface area contributed by atoms with Crippen LogP contribution in [-0.4, -0.2) is 11.8 Å². The lowest BCUT2D eigenvalue weighted by Gasteiger charge is -2.00. The van der Waals surface area contributed by atoms with E-state index in [1.807, 2.05) is 49.4 Å². The van der Waals surface area contributed by atoms with Gasteiger partial charge in [-0.25, -0.2) is 0 Å². The summed E-state index contributed by atoms with van der Waals surface area (Å²) in [5.74, 6) is 0.184. The third-order valence-electron chi connectivity index (χ3n) is 3.36. The molecule has 1 aliphatic heterocycles. The summed E-state index contributed by atoms with van der Waals surface area (Å²) in [4.78, 5) is 12.2. The summed E-state index contributed by atoms with van der Waals surface area (Å²) in [6.45, 7) is 2.02. The maximum Gasteiger partial charge on any atom is 0.181 e. The maximum atomic E-state index is 12.2. The summed E-state index contributed by atoms with van der Waals surface area (Å²) >= 11 is 0. The molecule has 1 saturated heterocycles. The minimum absolute atomic E-state index is 0.0601. The summed E-state index contributed by atoms with van der Waals surface area (Å²) < 4.78 is 0. The second-order valence-electron chi connectivity index (χ2n) is 4.76. The van der Waals surface area contributed by atoms with Gasteiger partial charge in [0.25, 0.3) is 0 Å². The molecule has 0 spiro atoms. The third kappa shape index (κ3) is 2.07. The Morgan fingerprint density at radius 1 is 1.00 bits per heavy atom. The molecular formula is C16H15NO. The lowest BCUT2D eigenvalue weighted by atomic mass is 10.0. The SMILES string of the molecule is Cc1ccc(C(=O)C2NC2c2ccccc2)cc1. The predicted octanol–water partition coefficient (Wildman–Crippen LogP) is 2.89. The molecule has 3 rings (SSSR count). The number of rotatable bonds is 3. The molecule has 2 heteroatoms. The van der Waals surface area contributed by atoms with Crippen molar-refractivity contribution < 1.29 is 4.79 Å². The van der Waals surface area contributed by atoms with Crippen molar-refractivity contribution in [2.45, 2.75) is 19.0 Å². The standard InChI is InChI=1S/C16H15NO/c1-11-7-9-13(10-8-11)16(18)15-14(17-15)12-5-3-2-4-6-12/h2-10,14-15,17H,1H3. The summed E-state index contributed by atoms with van der Waals surface area (Å²) in [7, 11) is 0. The second-order valence-corrected chi connectivity index (χ2v) is 4.76. The monoisotopic (exact) mass is 237 g/mol. The molecule has 2 nitrogen and oxygen atoms in total. The van der Waals surface area contributed by atoms with E-state index in [9.17, 15) is 4.79 Å². The molecule has 0 amide bonds. The number of carbonyl (C=O) groups is 1. The van der Waals surface area contributed by atoms with Crippen LogP contribution in [0.5, 0.6) is 0 Å². The van der Waals surface area contributed by atoms with Gasteiger partial charge in [-0.05, 0) is 12.5 Å². The van der Waals surface area contributed by atoms with Crippen molar-refractivity contribution in [3.8, 4) is 0 Å². The summed E-state index contributed by atoms with van der Waals surface area (Å²) in [5.41, 5.74) is 3.15. The molecule has 2 aromatic carbocycles. The van der Waals surface area contributed by atoms with Gasteiger partial charge in [-0.3, -0.25) is 10.1 Å². The number of Topliss-reactive ketones (excluding diaryl/α,β-unsaturated/α-hetero) is 1. The van der Waals surface area contributed by atoms with E-state index >= 15 is 0 Å². The van der Waals surface area contributed by atoms with E-state index in [0.717, 1.165) is 5.56 Å². The van der Waals surface area contributed by atoms with Crippen LogP contribution in [0.2, 0.25) is 0 Å². The molecule has 0 bridgehead atoms. The molecule has 1 heterocycles. The molecule has 1 fully saturated rings. The van der Waals surface area contributed by atoms with Crippen LogP contribution < -0.4 is 5.32 Å². The van der Waals surface area contributed by atoms with Gasteiger partial charge in [0.15, 0.2) is 5.78 Å². The van der Waals surface area contributed by atoms with Crippen LogP contribution in [-0.2, 0) is 0 Å². The van der Waals surface area contributed by atoms with Crippen LogP contribution in [0.25, 0.3) is 0 Å². The Morgan fingerprint density at radius 2 is 1.67 bits per heavy atom. The fourth-order valence-corrected chi connectivity index (χ4v) is 2.21. The first-order valence-corrected chi connectivity index (χ1v) is 6.17. The molecule has 2 unspecified atom stereocenters. The van der Waals surface area contributed by atoms with Crippen molar-refractivity contribution in [2.75, 3.05) is 0 Å². The minimum Gasteiger partial charge on any atom is -0.297 e. The highest BCUT2D eigenvalue weighted by Gasteiger charge is 2.43. The zero-order valence-electron chi connectivity index (χ0n) is 10.3. The van der Waals surface area contributed by atoms with Crippen molar-refractivity contribution in [3.63, 3.8) is 0 Å². The van der Waals surface area contributed by atoms with Crippen LogP contribution >= 0.6 is 0 Å². The van der Waals surface area contributed by atoms with Crippen LogP contribution in [0.4, 0.5) is 0 Å². The smallest absolute Gasteiger partial charge is 0.181 e. The summed E-state index contributed by atoms with van der Waals surface area (Å²) in [6, 6.07) is 18.0. The normalized spacial score (nSPS) is 21.6. The largest absolute Gasteiger partial charge is 0.297 e. The van der Waals surface area contributed by atoms with E-state index in [1.54, 1.807) is 0 Å². The van der Waals surface area contributed by atoms with Gasteiger partial charge in [-0.1, -0.05) is 60.2 Å². The molecule has 18 heavy (non-hydrogen) atoms. The number of ketones is 1. The number of nitrogens with one attached hydrogen (secondary N) is 1. The van der Waals surface area contributed by atoms with Gasteiger partial charge in [-0.15, -0.1) is 0 Å². The quantitative estimate of drug-likeness (QED) is 0.658. The average Bonchev–Trinajstić information content (AvgIpc) is 3.20. The first kappa shape index (κ1) is 11.2. The topological polar surface area (TPSA) is 39.0 Å². The van der Waals surface area contributed by atoms with Crippen LogP contribution in [0.3, 0.4) is 0 Å². The Balaban J connectivity index is 1.75. The lowest BCUT2D eigenvalue weighted by molar-refractivity contribution is 0.0988. The first-order valence-electron chi connectivity index (χ1n) is 6.17. The highest BCUT2D eigenvalue weighted by molar-refractivity contribution is 6.02. The number of hydrogen-bond donors (Lipinski definition) is 1. The molecule has 0 radical (unpaired) electrons. The van der Waals surface area contributed by atoms with Crippen molar-refractivity contribution in [1.82, 2.24) is 5.32 Å². The molecule has 0 aromatic heterocycles. The van der Waals surface area contributed by atoms with Crippen molar-refractivity contribution in [3.05, 3.63) is 71.3 Å². The average molecular weight is 237 g/mol. The zero-order chi connectivity index (χ0) is 12.5. The minimum atomic E-state index is -0.0601. The number of hydrogen-bond acceptors (Lipinski definition) is 2.